The fourth-order valence-corrected chi connectivity index (χ4v) is 3.90. The fraction of sp³-hybridized carbons (Fsp3) is 0.333. The van der Waals surface area contributed by atoms with Gasteiger partial charge >= 0.3 is 0 Å². The van der Waals surface area contributed by atoms with Crippen LogP contribution in [0.15, 0.2) is 41.3 Å². The van der Waals surface area contributed by atoms with E-state index in [0.29, 0.717) is 32.0 Å². The zero-order valence-corrected chi connectivity index (χ0v) is 15.1. The van der Waals surface area contributed by atoms with E-state index in [1.807, 2.05) is 18.7 Å². The lowest BCUT2D eigenvalue weighted by molar-refractivity contribution is 0.123. The summed E-state index contributed by atoms with van der Waals surface area (Å²) in [4.78, 5) is 2.15. The monoisotopic (exact) mass is 364 g/mol. The highest BCUT2D eigenvalue weighted by atomic mass is 32.2. The number of benzene rings is 2. The minimum absolute atomic E-state index is 0.160. The number of ether oxygens (including phenoxy) is 1. The largest absolute Gasteiger partial charge is 0.378 e. The molecule has 0 atom stereocenters. The number of nitrogens with zero attached hydrogens (tertiary/aromatic N) is 1. The number of aryl methyl sites for hydroxylation is 2. The molecule has 2 aromatic rings. The van der Waals surface area contributed by atoms with Crippen molar-refractivity contribution < 1.29 is 17.5 Å². The first-order valence-electron chi connectivity index (χ1n) is 8.09. The topological polar surface area (TPSA) is 58.6 Å². The number of morpholine rings is 1. The molecule has 1 aliphatic heterocycles. The quantitative estimate of drug-likeness (QED) is 0.906. The molecule has 5 nitrogen and oxygen atoms in total. The summed E-state index contributed by atoms with van der Waals surface area (Å²) in [6.07, 6.45) is 0. The lowest BCUT2D eigenvalue weighted by atomic mass is 10.1. The molecular formula is C18H21FN2O3S. The van der Waals surface area contributed by atoms with Crippen LogP contribution in [0.4, 0.5) is 15.8 Å². The highest BCUT2D eigenvalue weighted by Gasteiger charge is 2.21. The minimum atomic E-state index is -3.81. The second kappa shape index (κ2) is 7.01. The van der Waals surface area contributed by atoms with Crippen molar-refractivity contribution in [3.05, 3.63) is 53.3 Å². The highest BCUT2D eigenvalue weighted by Crippen LogP contribution is 2.30. The molecule has 1 N–H and O–H groups in total. The molecule has 2 aromatic carbocycles. The summed E-state index contributed by atoms with van der Waals surface area (Å²) < 4.78 is 47.1. The summed E-state index contributed by atoms with van der Waals surface area (Å²) in [6.45, 7) is 6.15. The van der Waals surface area contributed by atoms with Gasteiger partial charge in [0.2, 0.25) is 0 Å². The number of halogens is 1. The first-order chi connectivity index (χ1) is 11.9. The molecule has 0 bridgehead atoms. The van der Waals surface area contributed by atoms with E-state index in [4.69, 9.17) is 4.74 Å². The number of nitrogens with one attached hydrogen (secondary N) is 1. The molecule has 1 aliphatic rings. The number of hydrogen-bond acceptors (Lipinski definition) is 4. The molecule has 134 valence electrons. The van der Waals surface area contributed by atoms with E-state index < -0.39 is 15.8 Å². The number of anilines is 2. The van der Waals surface area contributed by atoms with Gasteiger partial charge in [-0.2, -0.15) is 0 Å². The Balaban J connectivity index is 1.95. The maximum Gasteiger partial charge on any atom is 0.261 e. The summed E-state index contributed by atoms with van der Waals surface area (Å²) in [5.41, 5.74) is 2.78. The first kappa shape index (κ1) is 17.7. The molecule has 1 saturated heterocycles. The molecule has 0 radical (unpaired) electrons. The van der Waals surface area contributed by atoms with E-state index in [2.05, 4.69) is 4.72 Å². The van der Waals surface area contributed by atoms with Crippen molar-refractivity contribution in [2.75, 3.05) is 35.9 Å². The summed E-state index contributed by atoms with van der Waals surface area (Å²) in [6, 6.07) is 9.07. The van der Waals surface area contributed by atoms with Crippen molar-refractivity contribution in [1.82, 2.24) is 0 Å². The van der Waals surface area contributed by atoms with Crippen LogP contribution in [0.2, 0.25) is 0 Å². The summed E-state index contributed by atoms with van der Waals surface area (Å²) in [5.74, 6) is -0.491. The van der Waals surface area contributed by atoms with Crippen LogP contribution in [0.25, 0.3) is 0 Å². The van der Waals surface area contributed by atoms with Gasteiger partial charge in [0.25, 0.3) is 10.0 Å². The first-order valence-corrected chi connectivity index (χ1v) is 9.57. The second-order valence-corrected chi connectivity index (χ2v) is 7.79. The maximum absolute atomic E-state index is 13.7. The third-order valence-electron chi connectivity index (χ3n) is 4.34. The minimum Gasteiger partial charge on any atom is -0.378 e. The summed E-state index contributed by atoms with van der Waals surface area (Å²) in [5, 5.41) is 0. The zero-order valence-electron chi connectivity index (χ0n) is 14.3. The van der Waals surface area contributed by atoms with Gasteiger partial charge in [-0.15, -0.1) is 0 Å². The van der Waals surface area contributed by atoms with Gasteiger partial charge in [-0.25, -0.2) is 12.8 Å². The molecule has 25 heavy (non-hydrogen) atoms. The van der Waals surface area contributed by atoms with Crippen molar-refractivity contribution in [1.29, 1.82) is 0 Å². The lowest BCUT2D eigenvalue weighted by Crippen LogP contribution is -2.36. The highest BCUT2D eigenvalue weighted by molar-refractivity contribution is 7.92. The van der Waals surface area contributed by atoms with E-state index >= 15 is 0 Å². The molecule has 0 aromatic heterocycles. The van der Waals surface area contributed by atoms with Gasteiger partial charge in [0.1, 0.15) is 5.82 Å². The van der Waals surface area contributed by atoms with Crippen LogP contribution in [0, 0.1) is 19.7 Å². The average Bonchev–Trinajstić information content (AvgIpc) is 2.58. The predicted octanol–water partition coefficient (Wildman–Crippen LogP) is 3.08. The van der Waals surface area contributed by atoms with E-state index in [1.54, 1.807) is 24.3 Å². The van der Waals surface area contributed by atoms with Crippen LogP contribution in [0.3, 0.4) is 0 Å². The van der Waals surface area contributed by atoms with Crippen molar-refractivity contribution in [2.45, 2.75) is 18.7 Å². The van der Waals surface area contributed by atoms with Crippen LogP contribution in [-0.4, -0.2) is 34.7 Å². The number of hydrogen-bond donors (Lipinski definition) is 1. The van der Waals surface area contributed by atoms with Gasteiger partial charge in [0.05, 0.1) is 29.5 Å². The maximum atomic E-state index is 13.7. The molecular weight excluding hydrogens is 343 g/mol. The van der Waals surface area contributed by atoms with E-state index in [0.717, 1.165) is 11.1 Å². The van der Waals surface area contributed by atoms with Gasteiger partial charge in [-0.05, 0) is 49.2 Å². The number of sulfonamides is 1. The third-order valence-corrected chi connectivity index (χ3v) is 5.71. The van der Waals surface area contributed by atoms with E-state index in [1.165, 1.54) is 12.1 Å². The Morgan fingerprint density at radius 3 is 2.44 bits per heavy atom. The van der Waals surface area contributed by atoms with Crippen LogP contribution >= 0.6 is 0 Å². The molecule has 7 heteroatoms. The van der Waals surface area contributed by atoms with Gasteiger partial charge in [0.15, 0.2) is 0 Å². The SMILES string of the molecule is Cc1ccc(S(=O)(=O)Nc2cc(F)ccc2N2CCOCC2)cc1C. The van der Waals surface area contributed by atoms with Crippen molar-refractivity contribution in [3.63, 3.8) is 0 Å². The Kier molecular flexibility index (Phi) is 4.96. The molecule has 1 heterocycles. The normalized spacial score (nSPS) is 15.2. The summed E-state index contributed by atoms with van der Waals surface area (Å²) in [7, 11) is -3.81. The summed E-state index contributed by atoms with van der Waals surface area (Å²) >= 11 is 0. The van der Waals surface area contributed by atoms with Crippen LogP contribution in [0.5, 0.6) is 0 Å². The molecule has 0 spiro atoms. The molecule has 0 saturated carbocycles. The van der Waals surface area contributed by atoms with Gasteiger partial charge in [-0.1, -0.05) is 6.07 Å². The Bertz CT molecular complexity index is 878. The standard InChI is InChI=1S/C18H21FN2O3S/c1-13-3-5-16(11-14(13)2)25(22,23)20-17-12-15(19)4-6-18(17)21-7-9-24-10-8-21/h3-6,11-12,20H,7-10H2,1-2H3. The van der Waals surface area contributed by atoms with Crippen molar-refractivity contribution in [3.8, 4) is 0 Å². The fourth-order valence-electron chi connectivity index (χ4n) is 2.75. The molecule has 1 fully saturated rings. The molecule has 0 amide bonds. The van der Waals surface area contributed by atoms with E-state index in [9.17, 15) is 12.8 Å². The Hall–Kier alpha value is -2.12. The van der Waals surface area contributed by atoms with Crippen LogP contribution in [0.1, 0.15) is 11.1 Å². The Morgan fingerprint density at radius 1 is 1.04 bits per heavy atom. The van der Waals surface area contributed by atoms with Gasteiger partial charge in [-0.3, -0.25) is 4.72 Å². The van der Waals surface area contributed by atoms with E-state index in [-0.39, 0.29) is 10.6 Å². The lowest BCUT2D eigenvalue weighted by Gasteiger charge is -2.30. The van der Waals surface area contributed by atoms with Crippen molar-refractivity contribution in [2.24, 2.45) is 0 Å². The predicted molar refractivity (Wildman–Crippen MR) is 96.2 cm³/mol. The second-order valence-electron chi connectivity index (χ2n) is 6.11. The van der Waals surface area contributed by atoms with Gasteiger partial charge < -0.3 is 9.64 Å². The number of rotatable bonds is 4. The Labute approximate surface area is 147 Å². The molecule has 3 rings (SSSR count). The van der Waals surface area contributed by atoms with Crippen molar-refractivity contribution >= 4 is 21.4 Å². The molecule has 0 unspecified atom stereocenters. The Morgan fingerprint density at radius 2 is 1.76 bits per heavy atom. The third kappa shape index (κ3) is 3.93. The zero-order chi connectivity index (χ0) is 18.0. The van der Waals surface area contributed by atoms with Crippen LogP contribution < -0.4 is 9.62 Å². The molecule has 0 aliphatic carbocycles. The smallest absolute Gasteiger partial charge is 0.261 e. The average molecular weight is 364 g/mol. The van der Waals surface area contributed by atoms with Gasteiger partial charge in [0, 0.05) is 19.2 Å². The van der Waals surface area contributed by atoms with Crippen LogP contribution in [-0.2, 0) is 14.8 Å².